The first-order valence-electron chi connectivity index (χ1n) is 3.19. The summed E-state index contributed by atoms with van der Waals surface area (Å²) < 4.78 is 4.98. The second kappa shape index (κ2) is 2.86. The van der Waals surface area contributed by atoms with E-state index in [1.807, 2.05) is 18.2 Å². The SMILES string of the molecule is COC1=CC=CC(N)[C@H]1N. The summed E-state index contributed by atoms with van der Waals surface area (Å²) in [6.07, 6.45) is 5.54. The Morgan fingerprint density at radius 1 is 1.50 bits per heavy atom. The monoisotopic (exact) mass is 140 g/mol. The Hall–Kier alpha value is -0.800. The molecule has 0 aliphatic heterocycles. The molecule has 0 aromatic carbocycles. The van der Waals surface area contributed by atoms with Crippen LogP contribution in [0.15, 0.2) is 24.0 Å². The average molecular weight is 140 g/mol. The molecule has 2 atom stereocenters. The Bertz CT molecular complexity index is 174. The van der Waals surface area contributed by atoms with Gasteiger partial charge in [-0.05, 0) is 6.08 Å². The number of allylic oxidation sites excluding steroid dienone is 2. The van der Waals surface area contributed by atoms with Gasteiger partial charge < -0.3 is 16.2 Å². The maximum atomic E-state index is 5.66. The normalized spacial score (nSPS) is 31.7. The van der Waals surface area contributed by atoms with Gasteiger partial charge >= 0.3 is 0 Å². The number of hydrogen-bond acceptors (Lipinski definition) is 3. The van der Waals surface area contributed by atoms with E-state index >= 15 is 0 Å². The molecule has 0 fully saturated rings. The zero-order valence-corrected chi connectivity index (χ0v) is 5.95. The third kappa shape index (κ3) is 1.20. The maximum Gasteiger partial charge on any atom is 0.114 e. The number of rotatable bonds is 1. The van der Waals surface area contributed by atoms with Gasteiger partial charge in [0.05, 0.1) is 13.2 Å². The van der Waals surface area contributed by atoms with Crippen molar-refractivity contribution < 1.29 is 4.74 Å². The van der Waals surface area contributed by atoms with E-state index < -0.39 is 0 Å². The predicted octanol–water partition coefficient (Wildman–Crippen LogP) is -0.259. The predicted molar refractivity (Wildman–Crippen MR) is 40.2 cm³/mol. The lowest BCUT2D eigenvalue weighted by molar-refractivity contribution is 0.258. The fourth-order valence-electron chi connectivity index (χ4n) is 0.903. The summed E-state index contributed by atoms with van der Waals surface area (Å²) in [6, 6.07) is -0.296. The summed E-state index contributed by atoms with van der Waals surface area (Å²) in [5.74, 6) is 0.745. The van der Waals surface area contributed by atoms with Gasteiger partial charge in [0.15, 0.2) is 0 Å². The molecule has 4 N–H and O–H groups in total. The first kappa shape index (κ1) is 7.31. The first-order valence-corrected chi connectivity index (χ1v) is 3.19. The topological polar surface area (TPSA) is 61.3 Å². The van der Waals surface area contributed by atoms with Gasteiger partial charge in [-0.2, -0.15) is 0 Å². The minimum absolute atomic E-state index is 0.111. The largest absolute Gasteiger partial charge is 0.499 e. The Morgan fingerprint density at radius 3 is 2.70 bits per heavy atom. The maximum absolute atomic E-state index is 5.66. The van der Waals surface area contributed by atoms with Gasteiger partial charge in [-0.15, -0.1) is 0 Å². The van der Waals surface area contributed by atoms with E-state index in [0.29, 0.717) is 0 Å². The van der Waals surface area contributed by atoms with Crippen molar-refractivity contribution in [2.75, 3.05) is 7.11 Å². The van der Waals surface area contributed by atoms with Crippen molar-refractivity contribution in [3.8, 4) is 0 Å². The molecule has 0 radical (unpaired) electrons. The summed E-state index contributed by atoms with van der Waals surface area (Å²) >= 11 is 0. The molecule has 0 bridgehead atoms. The van der Waals surface area contributed by atoms with Crippen molar-refractivity contribution in [1.82, 2.24) is 0 Å². The van der Waals surface area contributed by atoms with Crippen molar-refractivity contribution in [3.63, 3.8) is 0 Å². The minimum Gasteiger partial charge on any atom is -0.499 e. The zero-order valence-electron chi connectivity index (χ0n) is 5.95. The van der Waals surface area contributed by atoms with Gasteiger partial charge in [0, 0.05) is 6.04 Å². The molecule has 1 aliphatic rings. The van der Waals surface area contributed by atoms with E-state index in [1.54, 1.807) is 7.11 Å². The van der Waals surface area contributed by atoms with Crippen LogP contribution in [0.4, 0.5) is 0 Å². The van der Waals surface area contributed by atoms with Crippen molar-refractivity contribution in [2.45, 2.75) is 12.1 Å². The minimum atomic E-state index is -0.185. The molecule has 0 heterocycles. The molecule has 56 valence electrons. The fraction of sp³-hybridized carbons (Fsp3) is 0.429. The van der Waals surface area contributed by atoms with Gasteiger partial charge in [-0.25, -0.2) is 0 Å². The van der Waals surface area contributed by atoms with Gasteiger partial charge in [0.2, 0.25) is 0 Å². The lowest BCUT2D eigenvalue weighted by Crippen LogP contribution is -2.42. The van der Waals surface area contributed by atoms with Gasteiger partial charge in [0.1, 0.15) is 5.76 Å². The molecule has 0 aromatic heterocycles. The lowest BCUT2D eigenvalue weighted by atomic mass is 10.0. The molecule has 0 aromatic rings. The van der Waals surface area contributed by atoms with E-state index in [-0.39, 0.29) is 12.1 Å². The summed E-state index contributed by atoms with van der Waals surface area (Å²) in [5.41, 5.74) is 11.3. The Labute approximate surface area is 60.3 Å². The number of methoxy groups -OCH3 is 1. The highest BCUT2D eigenvalue weighted by Crippen LogP contribution is 2.09. The van der Waals surface area contributed by atoms with Crippen LogP contribution in [0.1, 0.15) is 0 Å². The van der Waals surface area contributed by atoms with Crippen LogP contribution >= 0.6 is 0 Å². The van der Waals surface area contributed by atoms with E-state index in [1.165, 1.54) is 0 Å². The van der Waals surface area contributed by atoms with Crippen LogP contribution in [0.2, 0.25) is 0 Å². The Morgan fingerprint density at radius 2 is 2.20 bits per heavy atom. The molecule has 1 rings (SSSR count). The smallest absolute Gasteiger partial charge is 0.114 e. The fourth-order valence-corrected chi connectivity index (χ4v) is 0.903. The van der Waals surface area contributed by atoms with Crippen molar-refractivity contribution in [2.24, 2.45) is 11.5 Å². The highest BCUT2D eigenvalue weighted by atomic mass is 16.5. The first-order chi connectivity index (χ1) is 4.75. The van der Waals surface area contributed by atoms with Gasteiger partial charge in [0.25, 0.3) is 0 Å². The van der Waals surface area contributed by atoms with Crippen molar-refractivity contribution in [3.05, 3.63) is 24.0 Å². The van der Waals surface area contributed by atoms with Crippen LogP contribution in [-0.2, 0) is 4.74 Å². The summed E-state index contributed by atoms with van der Waals surface area (Å²) in [5, 5.41) is 0. The highest BCUT2D eigenvalue weighted by molar-refractivity contribution is 5.23. The van der Waals surface area contributed by atoms with Crippen LogP contribution in [0, 0.1) is 0 Å². The van der Waals surface area contributed by atoms with E-state index in [0.717, 1.165) is 5.76 Å². The molecule has 1 unspecified atom stereocenters. The molecule has 3 nitrogen and oxygen atoms in total. The number of hydrogen-bond donors (Lipinski definition) is 2. The van der Waals surface area contributed by atoms with Crippen LogP contribution in [0.25, 0.3) is 0 Å². The Kier molecular flexibility index (Phi) is 2.09. The second-order valence-electron chi connectivity index (χ2n) is 2.26. The summed E-state index contributed by atoms with van der Waals surface area (Å²) in [6.45, 7) is 0. The standard InChI is InChI=1S/C7H12N2O/c1-10-6-4-2-3-5(8)7(6)9/h2-5,7H,8-9H2,1H3/t5?,7-/m1/s1. The molecule has 0 amide bonds. The summed E-state index contributed by atoms with van der Waals surface area (Å²) in [4.78, 5) is 0. The zero-order chi connectivity index (χ0) is 7.56. The molecule has 1 aliphatic carbocycles. The average Bonchev–Trinajstić information content (AvgIpc) is 1.95. The van der Waals surface area contributed by atoms with Crippen molar-refractivity contribution >= 4 is 0 Å². The molecule has 0 saturated heterocycles. The van der Waals surface area contributed by atoms with E-state index in [4.69, 9.17) is 16.2 Å². The van der Waals surface area contributed by atoms with E-state index in [2.05, 4.69) is 0 Å². The second-order valence-corrected chi connectivity index (χ2v) is 2.26. The van der Waals surface area contributed by atoms with E-state index in [9.17, 15) is 0 Å². The lowest BCUT2D eigenvalue weighted by Gasteiger charge is -2.21. The number of ether oxygens (including phenoxy) is 1. The molecule has 0 spiro atoms. The summed E-state index contributed by atoms with van der Waals surface area (Å²) in [7, 11) is 1.59. The molecule has 0 saturated carbocycles. The molecular formula is C7H12N2O. The third-order valence-electron chi connectivity index (χ3n) is 1.57. The van der Waals surface area contributed by atoms with Crippen LogP contribution in [-0.4, -0.2) is 19.2 Å². The van der Waals surface area contributed by atoms with Crippen LogP contribution in [0.3, 0.4) is 0 Å². The third-order valence-corrected chi connectivity index (χ3v) is 1.57. The van der Waals surface area contributed by atoms with Gasteiger partial charge in [-0.3, -0.25) is 0 Å². The quantitative estimate of drug-likeness (QED) is 0.527. The van der Waals surface area contributed by atoms with Gasteiger partial charge in [-0.1, -0.05) is 12.2 Å². The highest BCUT2D eigenvalue weighted by Gasteiger charge is 2.17. The van der Waals surface area contributed by atoms with Crippen LogP contribution in [0.5, 0.6) is 0 Å². The molecule has 10 heavy (non-hydrogen) atoms. The van der Waals surface area contributed by atoms with Crippen molar-refractivity contribution in [1.29, 1.82) is 0 Å². The molecule has 3 heteroatoms. The number of nitrogens with two attached hydrogens (primary N) is 2. The Balaban J connectivity index is 2.71. The molecular weight excluding hydrogens is 128 g/mol. The van der Waals surface area contributed by atoms with Crippen LogP contribution < -0.4 is 11.5 Å².